The van der Waals surface area contributed by atoms with Gasteiger partial charge in [0.15, 0.2) is 0 Å². The number of fused-ring (bicyclic) bond motifs is 1. The minimum Gasteiger partial charge on any atom is -0.308 e. The summed E-state index contributed by atoms with van der Waals surface area (Å²) in [6.07, 6.45) is 0. The second kappa shape index (κ2) is 5.68. The summed E-state index contributed by atoms with van der Waals surface area (Å²) in [6, 6.07) is 9.75. The summed E-state index contributed by atoms with van der Waals surface area (Å²) in [5.41, 5.74) is 2.62. The first kappa shape index (κ1) is 15.5. The van der Waals surface area contributed by atoms with Gasteiger partial charge in [-0.1, -0.05) is 18.2 Å². The van der Waals surface area contributed by atoms with Crippen LogP contribution in [0.1, 0.15) is 22.9 Å². The number of benzene rings is 1. The minimum atomic E-state index is -3.53. The summed E-state index contributed by atoms with van der Waals surface area (Å²) < 4.78 is 28.4. The Bertz CT molecular complexity index is 796. The highest BCUT2D eigenvalue weighted by Crippen LogP contribution is 2.34. The maximum atomic E-state index is 13.2. The van der Waals surface area contributed by atoms with E-state index in [4.69, 9.17) is 0 Å². The maximum Gasteiger partial charge on any atom is 0.274 e. The molecule has 0 saturated carbocycles. The highest BCUT2D eigenvalue weighted by molar-refractivity contribution is 7.94. The molecule has 1 aromatic carbocycles. The van der Waals surface area contributed by atoms with Crippen molar-refractivity contribution in [3.63, 3.8) is 0 Å². The Hall–Kier alpha value is -1.37. The summed E-state index contributed by atoms with van der Waals surface area (Å²) in [7, 11) is -3.53. The molecule has 0 spiro atoms. The number of nitrogens with one attached hydrogen (secondary N) is 1. The number of hydrogen-bond acceptors (Lipinski definition) is 4. The van der Waals surface area contributed by atoms with Crippen molar-refractivity contribution in [2.24, 2.45) is 0 Å². The van der Waals surface area contributed by atoms with Crippen LogP contribution >= 0.6 is 11.3 Å². The smallest absolute Gasteiger partial charge is 0.274 e. The van der Waals surface area contributed by atoms with Crippen molar-refractivity contribution in [2.45, 2.75) is 37.6 Å². The first-order valence-electron chi connectivity index (χ1n) is 7.30. The molecule has 3 rings (SSSR count). The zero-order chi connectivity index (χ0) is 15.9. The molecule has 0 saturated heterocycles. The fraction of sp³-hybridized carbons (Fsp3) is 0.375. The van der Waals surface area contributed by atoms with Crippen molar-refractivity contribution >= 4 is 27.0 Å². The minimum absolute atomic E-state index is 0.101. The van der Waals surface area contributed by atoms with Crippen LogP contribution in [-0.2, 0) is 16.6 Å². The van der Waals surface area contributed by atoms with Gasteiger partial charge in [-0.2, -0.15) is 0 Å². The number of rotatable bonds is 2. The Morgan fingerprint density at radius 3 is 2.68 bits per heavy atom. The third kappa shape index (κ3) is 2.66. The van der Waals surface area contributed by atoms with E-state index in [1.165, 1.54) is 11.3 Å². The van der Waals surface area contributed by atoms with Crippen LogP contribution in [0.15, 0.2) is 34.5 Å². The van der Waals surface area contributed by atoms with Crippen molar-refractivity contribution < 1.29 is 8.42 Å². The van der Waals surface area contributed by atoms with Gasteiger partial charge in [-0.25, -0.2) is 8.42 Å². The van der Waals surface area contributed by atoms with Crippen LogP contribution in [0.4, 0.5) is 5.69 Å². The van der Waals surface area contributed by atoms with Gasteiger partial charge in [0.1, 0.15) is 4.21 Å². The Morgan fingerprint density at radius 2 is 2.00 bits per heavy atom. The molecular weight excluding hydrogens is 316 g/mol. The van der Waals surface area contributed by atoms with Crippen molar-refractivity contribution in [1.29, 1.82) is 0 Å². The van der Waals surface area contributed by atoms with Crippen molar-refractivity contribution in [3.8, 4) is 0 Å². The highest BCUT2D eigenvalue weighted by atomic mass is 32.2. The van der Waals surface area contributed by atoms with Crippen molar-refractivity contribution in [2.75, 3.05) is 10.8 Å². The molecule has 1 aliphatic heterocycles. The normalized spacial score (nSPS) is 18.9. The van der Waals surface area contributed by atoms with Crippen molar-refractivity contribution in [3.05, 3.63) is 46.3 Å². The number of thiophene rings is 1. The first-order valence-corrected chi connectivity index (χ1v) is 9.56. The summed E-state index contributed by atoms with van der Waals surface area (Å²) in [5.74, 6) is 0. The zero-order valence-electron chi connectivity index (χ0n) is 13.0. The van der Waals surface area contributed by atoms with Crippen LogP contribution < -0.4 is 9.62 Å². The average Bonchev–Trinajstić information content (AvgIpc) is 2.72. The van der Waals surface area contributed by atoms with E-state index in [9.17, 15) is 8.42 Å². The van der Waals surface area contributed by atoms with Gasteiger partial charge >= 0.3 is 0 Å². The van der Waals surface area contributed by atoms with Gasteiger partial charge in [-0.05, 0) is 44.0 Å². The molecule has 2 aromatic rings. The average molecular weight is 336 g/mol. The van der Waals surface area contributed by atoms with E-state index in [1.807, 2.05) is 51.1 Å². The van der Waals surface area contributed by atoms with Crippen LogP contribution in [0.2, 0.25) is 0 Å². The van der Waals surface area contributed by atoms with Crippen LogP contribution in [0, 0.1) is 13.8 Å². The fourth-order valence-electron chi connectivity index (χ4n) is 2.80. The van der Waals surface area contributed by atoms with Gasteiger partial charge in [0.05, 0.1) is 5.69 Å². The second-order valence-electron chi connectivity index (χ2n) is 5.77. The molecule has 1 aliphatic rings. The molecule has 6 heteroatoms. The lowest BCUT2D eigenvalue weighted by Gasteiger charge is -2.25. The summed E-state index contributed by atoms with van der Waals surface area (Å²) in [6.45, 7) is 6.95. The molecule has 0 aliphatic carbocycles. The lowest BCUT2D eigenvalue weighted by molar-refractivity contribution is 0.556. The first-order chi connectivity index (χ1) is 10.4. The Labute approximate surface area is 135 Å². The summed E-state index contributed by atoms with van der Waals surface area (Å²) in [4.78, 5) is 1.02. The zero-order valence-corrected chi connectivity index (χ0v) is 14.6. The Kier molecular flexibility index (Phi) is 4.01. The SMILES string of the molecule is Cc1cc(C)c(S(=O)(=O)N2CC(C)NCc3ccccc32)s1. The van der Waals surface area contributed by atoms with E-state index in [0.717, 1.165) is 21.7 Å². The second-order valence-corrected chi connectivity index (χ2v) is 9.09. The molecule has 4 nitrogen and oxygen atoms in total. The molecule has 1 aromatic heterocycles. The van der Waals surface area contributed by atoms with Gasteiger partial charge in [0.2, 0.25) is 0 Å². The number of nitrogens with zero attached hydrogens (tertiary/aromatic N) is 1. The van der Waals surface area contributed by atoms with Gasteiger partial charge in [-0.15, -0.1) is 11.3 Å². The standard InChI is InChI=1S/C16H20N2O2S2/c1-11-8-13(3)21-16(11)22(19,20)18-10-12(2)17-9-14-6-4-5-7-15(14)18/h4-8,12,17H,9-10H2,1-3H3. The van der Waals surface area contributed by atoms with E-state index in [0.29, 0.717) is 17.3 Å². The molecule has 1 unspecified atom stereocenters. The molecule has 0 amide bonds. The molecule has 118 valence electrons. The number of sulfonamides is 1. The van der Waals surface area contributed by atoms with Crippen LogP contribution in [0.5, 0.6) is 0 Å². The van der Waals surface area contributed by atoms with Crippen molar-refractivity contribution in [1.82, 2.24) is 5.32 Å². The topological polar surface area (TPSA) is 49.4 Å². The quantitative estimate of drug-likeness (QED) is 0.917. The molecule has 0 bridgehead atoms. The number of hydrogen-bond donors (Lipinski definition) is 1. The van der Waals surface area contributed by atoms with E-state index >= 15 is 0 Å². The third-order valence-electron chi connectivity index (χ3n) is 3.86. The Balaban J connectivity index is 2.15. The van der Waals surface area contributed by atoms with E-state index in [-0.39, 0.29) is 6.04 Å². The van der Waals surface area contributed by atoms with Gasteiger partial charge in [0, 0.05) is 24.0 Å². The number of anilines is 1. The molecule has 1 N–H and O–H groups in total. The number of aryl methyl sites for hydroxylation is 2. The molecule has 0 radical (unpaired) electrons. The largest absolute Gasteiger partial charge is 0.308 e. The highest BCUT2D eigenvalue weighted by Gasteiger charge is 2.32. The van der Waals surface area contributed by atoms with E-state index < -0.39 is 10.0 Å². The number of para-hydroxylation sites is 1. The lowest BCUT2D eigenvalue weighted by Crippen LogP contribution is -2.39. The monoisotopic (exact) mass is 336 g/mol. The van der Waals surface area contributed by atoms with Gasteiger partial charge in [0.25, 0.3) is 10.0 Å². The molecular formula is C16H20N2O2S2. The Morgan fingerprint density at radius 1 is 1.27 bits per heavy atom. The fourth-order valence-corrected chi connectivity index (χ4v) is 6.16. The summed E-state index contributed by atoms with van der Waals surface area (Å²) >= 11 is 1.35. The molecule has 2 heterocycles. The molecule has 0 fully saturated rings. The maximum absolute atomic E-state index is 13.2. The van der Waals surface area contributed by atoms with Crippen LogP contribution in [-0.4, -0.2) is 21.0 Å². The lowest BCUT2D eigenvalue weighted by atomic mass is 10.2. The summed E-state index contributed by atoms with van der Waals surface area (Å²) in [5, 5.41) is 3.37. The predicted octanol–water partition coefficient (Wildman–Crippen LogP) is 3.05. The molecule has 1 atom stereocenters. The van der Waals surface area contributed by atoms with Crippen LogP contribution in [0.3, 0.4) is 0 Å². The van der Waals surface area contributed by atoms with Gasteiger partial charge < -0.3 is 5.32 Å². The third-order valence-corrected chi connectivity index (χ3v) is 7.41. The van der Waals surface area contributed by atoms with Crippen LogP contribution in [0.25, 0.3) is 0 Å². The van der Waals surface area contributed by atoms with E-state index in [1.54, 1.807) is 4.31 Å². The van der Waals surface area contributed by atoms with E-state index in [2.05, 4.69) is 5.32 Å². The molecule has 22 heavy (non-hydrogen) atoms. The predicted molar refractivity (Wildman–Crippen MR) is 91.1 cm³/mol. The van der Waals surface area contributed by atoms with Gasteiger partial charge in [-0.3, -0.25) is 4.31 Å².